The molecule has 3 aromatic rings. The third kappa shape index (κ3) is 5.88. The molecule has 1 atom stereocenters. The van der Waals surface area contributed by atoms with E-state index in [4.69, 9.17) is 4.74 Å². The predicted molar refractivity (Wildman–Crippen MR) is 126 cm³/mol. The molecule has 3 rings (SSSR count). The van der Waals surface area contributed by atoms with Crippen LogP contribution in [0, 0.1) is 13.8 Å². The number of thioether (sulfide) groups is 1. The Balaban J connectivity index is 1.63. The van der Waals surface area contributed by atoms with Crippen molar-refractivity contribution in [1.29, 1.82) is 0 Å². The van der Waals surface area contributed by atoms with E-state index in [1.807, 2.05) is 62.6 Å². The van der Waals surface area contributed by atoms with Crippen LogP contribution < -0.4 is 10.1 Å². The molecule has 0 aliphatic rings. The average Bonchev–Trinajstić information content (AvgIpc) is 3.18. The van der Waals surface area contributed by atoms with Crippen LogP contribution in [0.5, 0.6) is 5.75 Å². The van der Waals surface area contributed by atoms with Gasteiger partial charge < -0.3 is 14.6 Å². The van der Waals surface area contributed by atoms with Gasteiger partial charge in [-0.15, -0.1) is 10.2 Å². The fraction of sp³-hybridized carbons (Fsp3) is 0.375. The van der Waals surface area contributed by atoms with E-state index in [2.05, 4.69) is 34.6 Å². The van der Waals surface area contributed by atoms with E-state index in [0.29, 0.717) is 11.7 Å². The number of rotatable bonds is 9. The Bertz CT molecular complexity index is 1030. The zero-order valence-corrected chi connectivity index (χ0v) is 19.6. The van der Waals surface area contributed by atoms with Gasteiger partial charge in [0.25, 0.3) is 0 Å². The number of aryl methyl sites for hydroxylation is 3. The highest BCUT2D eigenvalue weighted by Gasteiger charge is 2.19. The number of nitrogens with zero attached hydrogens (tertiary/aromatic N) is 3. The molecule has 1 heterocycles. The largest absolute Gasteiger partial charge is 0.483 e. The Morgan fingerprint density at radius 3 is 2.55 bits per heavy atom. The molecule has 0 fully saturated rings. The van der Waals surface area contributed by atoms with Gasteiger partial charge >= 0.3 is 0 Å². The first-order chi connectivity index (χ1) is 14.9. The fourth-order valence-corrected chi connectivity index (χ4v) is 4.06. The second-order valence-electron chi connectivity index (χ2n) is 7.50. The van der Waals surface area contributed by atoms with Gasteiger partial charge in [0.2, 0.25) is 5.91 Å². The van der Waals surface area contributed by atoms with Gasteiger partial charge in [0.1, 0.15) is 5.75 Å². The Hall–Kier alpha value is -2.80. The van der Waals surface area contributed by atoms with Gasteiger partial charge in [-0.3, -0.25) is 4.79 Å². The van der Waals surface area contributed by atoms with Crippen molar-refractivity contribution in [2.24, 2.45) is 0 Å². The van der Waals surface area contributed by atoms with Crippen molar-refractivity contribution in [3.8, 4) is 5.75 Å². The van der Waals surface area contributed by atoms with Gasteiger partial charge in [-0.1, -0.05) is 43.0 Å². The first-order valence-corrected chi connectivity index (χ1v) is 11.6. The third-order valence-electron chi connectivity index (χ3n) is 5.07. The molecule has 1 aromatic heterocycles. The van der Waals surface area contributed by atoms with E-state index in [9.17, 15) is 4.79 Å². The van der Waals surface area contributed by atoms with Crippen molar-refractivity contribution in [3.63, 3.8) is 0 Å². The summed E-state index contributed by atoms with van der Waals surface area (Å²) >= 11 is 1.38. The van der Waals surface area contributed by atoms with Gasteiger partial charge in [-0.05, 0) is 69.0 Å². The van der Waals surface area contributed by atoms with E-state index in [1.165, 1.54) is 17.3 Å². The maximum absolute atomic E-state index is 12.5. The minimum atomic E-state index is -0.252. The molecule has 31 heavy (non-hydrogen) atoms. The smallest absolute Gasteiger partial charge is 0.234 e. The summed E-state index contributed by atoms with van der Waals surface area (Å²) in [6.45, 7) is 10.8. The lowest BCUT2D eigenvalue weighted by Crippen LogP contribution is -2.16. The summed E-state index contributed by atoms with van der Waals surface area (Å²) in [5, 5.41) is 12.3. The molecule has 0 aliphatic heterocycles. The molecule has 0 unspecified atom stereocenters. The molecule has 164 valence electrons. The summed E-state index contributed by atoms with van der Waals surface area (Å²) in [6.07, 6.45) is 0.746. The van der Waals surface area contributed by atoms with Crippen LogP contribution >= 0.6 is 11.8 Å². The number of aromatic nitrogens is 3. The summed E-state index contributed by atoms with van der Waals surface area (Å²) in [5.74, 6) is 1.75. The third-order valence-corrected chi connectivity index (χ3v) is 6.04. The van der Waals surface area contributed by atoms with Gasteiger partial charge in [0, 0.05) is 12.2 Å². The van der Waals surface area contributed by atoms with Crippen LogP contribution in [0.2, 0.25) is 0 Å². The number of amides is 1. The van der Waals surface area contributed by atoms with Crippen molar-refractivity contribution >= 4 is 23.4 Å². The van der Waals surface area contributed by atoms with Gasteiger partial charge in [-0.25, -0.2) is 0 Å². The van der Waals surface area contributed by atoms with E-state index in [-0.39, 0.29) is 17.8 Å². The lowest BCUT2D eigenvalue weighted by Gasteiger charge is -2.16. The van der Waals surface area contributed by atoms with Gasteiger partial charge in [0.05, 0.1) is 5.75 Å². The minimum Gasteiger partial charge on any atom is -0.483 e. The highest BCUT2D eigenvalue weighted by Crippen LogP contribution is 2.25. The van der Waals surface area contributed by atoms with E-state index >= 15 is 0 Å². The Morgan fingerprint density at radius 1 is 1.13 bits per heavy atom. The monoisotopic (exact) mass is 438 g/mol. The van der Waals surface area contributed by atoms with Crippen LogP contribution in [0.1, 0.15) is 49.4 Å². The van der Waals surface area contributed by atoms with Crippen molar-refractivity contribution in [1.82, 2.24) is 14.8 Å². The summed E-state index contributed by atoms with van der Waals surface area (Å²) < 4.78 is 8.07. The Morgan fingerprint density at radius 2 is 1.87 bits per heavy atom. The molecule has 0 spiro atoms. The number of hydrogen-bond acceptors (Lipinski definition) is 5. The Labute approximate surface area is 188 Å². The van der Waals surface area contributed by atoms with Crippen LogP contribution in [0.25, 0.3) is 0 Å². The van der Waals surface area contributed by atoms with Crippen molar-refractivity contribution < 1.29 is 9.53 Å². The number of carbonyl (C=O) groups excluding carboxylic acids is 1. The highest BCUT2D eigenvalue weighted by atomic mass is 32.2. The van der Waals surface area contributed by atoms with Gasteiger partial charge in [-0.2, -0.15) is 0 Å². The van der Waals surface area contributed by atoms with Crippen LogP contribution in [-0.4, -0.2) is 26.4 Å². The number of ether oxygens (including phenoxy) is 1. The number of anilines is 1. The molecule has 1 amide bonds. The van der Waals surface area contributed by atoms with Gasteiger partial charge in [0.15, 0.2) is 17.1 Å². The molecule has 1 N–H and O–H groups in total. The topological polar surface area (TPSA) is 69.0 Å². The second kappa shape index (κ2) is 10.5. The summed E-state index contributed by atoms with van der Waals surface area (Å²) in [6, 6.07) is 14.1. The van der Waals surface area contributed by atoms with Crippen molar-refractivity contribution in [2.45, 2.75) is 58.8 Å². The highest BCUT2D eigenvalue weighted by molar-refractivity contribution is 7.99. The number of hydrogen-bond donors (Lipinski definition) is 1. The first kappa shape index (κ1) is 22.9. The molecular formula is C24H30N4O2S. The first-order valence-electron chi connectivity index (χ1n) is 10.6. The molecule has 0 aliphatic carbocycles. The maximum Gasteiger partial charge on any atom is 0.234 e. The fourth-order valence-electron chi connectivity index (χ4n) is 3.25. The number of nitrogens with one attached hydrogen (secondary N) is 1. The van der Waals surface area contributed by atoms with E-state index in [0.717, 1.165) is 34.8 Å². The second-order valence-corrected chi connectivity index (χ2v) is 8.44. The molecule has 6 nitrogen and oxygen atoms in total. The molecular weight excluding hydrogens is 408 g/mol. The predicted octanol–water partition coefficient (Wildman–Crippen LogP) is 5.35. The number of carbonyl (C=O) groups is 1. The number of benzene rings is 2. The lowest BCUT2D eigenvalue weighted by atomic mass is 10.1. The summed E-state index contributed by atoms with van der Waals surface area (Å²) in [4.78, 5) is 12.5. The zero-order chi connectivity index (χ0) is 22.4. The van der Waals surface area contributed by atoms with E-state index < -0.39 is 0 Å². The van der Waals surface area contributed by atoms with Crippen molar-refractivity contribution in [2.75, 3.05) is 11.1 Å². The van der Waals surface area contributed by atoms with Crippen molar-refractivity contribution in [3.05, 3.63) is 65.0 Å². The quantitative estimate of drug-likeness (QED) is 0.456. The standard InChI is InChI=1S/C24H30N4O2S/c1-6-19-10-12-20(13-11-19)30-18(5)23-26-27-24(28(23)7-2)31-15-22(29)25-21-14-16(3)8-9-17(21)4/h8-14,18H,6-7,15H2,1-5H3,(H,25,29)/t18-/m1/s1. The van der Waals surface area contributed by atoms with Crippen LogP contribution in [0.15, 0.2) is 47.6 Å². The van der Waals surface area contributed by atoms with Crippen LogP contribution in [0.3, 0.4) is 0 Å². The minimum absolute atomic E-state index is 0.0637. The maximum atomic E-state index is 12.5. The van der Waals surface area contributed by atoms with E-state index in [1.54, 1.807) is 0 Å². The van der Waals surface area contributed by atoms with Crippen LogP contribution in [-0.2, 0) is 17.8 Å². The molecule has 0 bridgehead atoms. The van der Waals surface area contributed by atoms with Crippen LogP contribution in [0.4, 0.5) is 5.69 Å². The lowest BCUT2D eigenvalue weighted by molar-refractivity contribution is -0.113. The molecule has 2 aromatic carbocycles. The summed E-state index contributed by atoms with van der Waals surface area (Å²) in [7, 11) is 0. The average molecular weight is 439 g/mol. The SMILES string of the molecule is CCc1ccc(O[C@H](C)c2nnc(SCC(=O)Nc3cc(C)ccc3C)n2CC)cc1. The summed E-state index contributed by atoms with van der Waals surface area (Å²) in [5.41, 5.74) is 4.28. The molecule has 0 radical (unpaired) electrons. The Kier molecular flexibility index (Phi) is 7.74. The molecule has 7 heteroatoms. The molecule has 0 saturated carbocycles. The molecule has 0 saturated heterocycles. The zero-order valence-electron chi connectivity index (χ0n) is 18.8. The normalized spacial score (nSPS) is 11.9.